The van der Waals surface area contributed by atoms with Crippen LogP contribution in [0.5, 0.6) is 11.5 Å². The van der Waals surface area contributed by atoms with Gasteiger partial charge in [0.25, 0.3) is 5.56 Å². The molecule has 0 saturated carbocycles. The van der Waals surface area contributed by atoms with Crippen LogP contribution >= 0.6 is 0 Å². The Morgan fingerprint density at radius 3 is 2.81 bits per heavy atom. The van der Waals surface area contributed by atoms with Crippen molar-refractivity contribution in [3.05, 3.63) is 34.1 Å². The highest BCUT2D eigenvalue weighted by atomic mass is 16.3. The van der Waals surface area contributed by atoms with E-state index in [1.165, 1.54) is 0 Å². The standard InChI is InChI=1S/C12H11NO3/c14-10-8-5-1-3-7-4-2-6-13(9(7)8)12(16)11(10)15/h1,3,5,14-15H,2,4,6H2. The average Bonchev–Trinajstić information content (AvgIpc) is 2.33. The zero-order valence-electron chi connectivity index (χ0n) is 8.60. The molecule has 16 heavy (non-hydrogen) atoms. The zero-order chi connectivity index (χ0) is 11.3. The Labute approximate surface area is 91.4 Å². The highest BCUT2D eigenvalue weighted by Crippen LogP contribution is 2.34. The maximum absolute atomic E-state index is 11.8. The number of benzene rings is 1. The molecule has 4 heteroatoms. The summed E-state index contributed by atoms with van der Waals surface area (Å²) in [5.74, 6) is -0.855. The van der Waals surface area contributed by atoms with E-state index in [0.717, 1.165) is 23.9 Å². The van der Waals surface area contributed by atoms with E-state index in [4.69, 9.17) is 0 Å². The van der Waals surface area contributed by atoms with Crippen molar-refractivity contribution in [2.24, 2.45) is 0 Å². The van der Waals surface area contributed by atoms with Crippen molar-refractivity contribution >= 4 is 10.9 Å². The van der Waals surface area contributed by atoms with Crippen LogP contribution < -0.4 is 5.56 Å². The lowest BCUT2D eigenvalue weighted by Crippen LogP contribution is -2.24. The predicted molar refractivity (Wildman–Crippen MR) is 59.9 cm³/mol. The molecule has 0 unspecified atom stereocenters. The third-order valence-corrected chi connectivity index (χ3v) is 3.14. The van der Waals surface area contributed by atoms with Crippen molar-refractivity contribution in [3.8, 4) is 11.5 Å². The normalized spacial score (nSPS) is 14.2. The number of pyridine rings is 1. The first kappa shape index (κ1) is 9.27. The van der Waals surface area contributed by atoms with Crippen LogP contribution in [0.2, 0.25) is 0 Å². The van der Waals surface area contributed by atoms with E-state index in [-0.39, 0.29) is 5.75 Å². The lowest BCUT2D eigenvalue weighted by molar-refractivity contribution is 0.396. The zero-order valence-corrected chi connectivity index (χ0v) is 8.60. The summed E-state index contributed by atoms with van der Waals surface area (Å²) in [5.41, 5.74) is 1.31. The number of aromatic hydroxyl groups is 2. The van der Waals surface area contributed by atoms with Gasteiger partial charge in [-0.15, -0.1) is 0 Å². The second-order valence-corrected chi connectivity index (χ2v) is 4.07. The topological polar surface area (TPSA) is 62.5 Å². The van der Waals surface area contributed by atoms with Gasteiger partial charge in [0.05, 0.1) is 5.52 Å². The largest absolute Gasteiger partial charge is 0.504 e. The molecule has 0 amide bonds. The number of aryl methyl sites for hydroxylation is 2. The van der Waals surface area contributed by atoms with Crippen LogP contribution in [0.1, 0.15) is 12.0 Å². The molecule has 0 atom stereocenters. The SMILES string of the molecule is O=c1c(O)c(O)c2cccc3c2n1CCC3. The molecule has 2 heterocycles. The van der Waals surface area contributed by atoms with Crippen LogP contribution in [-0.2, 0) is 13.0 Å². The third-order valence-electron chi connectivity index (χ3n) is 3.14. The smallest absolute Gasteiger partial charge is 0.297 e. The molecule has 1 aliphatic rings. The average molecular weight is 217 g/mol. The van der Waals surface area contributed by atoms with Crippen molar-refractivity contribution in [3.63, 3.8) is 0 Å². The summed E-state index contributed by atoms with van der Waals surface area (Å²) in [6, 6.07) is 5.50. The fourth-order valence-electron chi connectivity index (χ4n) is 2.40. The molecular weight excluding hydrogens is 206 g/mol. The highest BCUT2D eigenvalue weighted by molar-refractivity contribution is 5.90. The van der Waals surface area contributed by atoms with E-state index in [1.807, 2.05) is 12.1 Å². The molecule has 0 radical (unpaired) electrons. The van der Waals surface area contributed by atoms with Gasteiger partial charge in [0.15, 0.2) is 5.75 Å². The summed E-state index contributed by atoms with van der Waals surface area (Å²) in [6.07, 6.45) is 1.79. The summed E-state index contributed by atoms with van der Waals surface area (Å²) in [5, 5.41) is 19.8. The quantitative estimate of drug-likeness (QED) is 0.700. The Hall–Kier alpha value is -1.97. The van der Waals surface area contributed by atoms with E-state index in [0.29, 0.717) is 11.9 Å². The maximum Gasteiger partial charge on any atom is 0.297 e. The van der Waals surface area contributed by atoms with Gasteiger partial charge in [0.2, 0.25) is 5.75 Å². The van der Waals surface area contributed by atoms with Gasteiger partial charge < -0.3 is 14.8 Å². The Balaban J connectivity index is 2.62. The summed E-state index contributed by atoms with van der Waals surface area (Å²) in [7, 11) is 0. The van der Waals surface area contributed by atoms with E-state index in [2.05, 4.69) is 0 Å². The molecule has 2 aromatic rings. The molecule has 82 valence electrons. The Morgan fingerprint density at radius 2 is 2.00 bits per heavy atom. The summed E-state index contributed by atoms with van der Waals surface area (Å²) in [4.78, 5) is 11.8. The van der Waals surface area contributed by atoms with E-state index < -0.39 is 11.3 Å². The van der Waals surface area contributed by atoms with Crippen LogP contribution in [0.25, 0.3) is 10.9 Å². The first-order valence-corrected chi connectivity index (χ1v) is 5.26. The first-order chi connectivity index (χ1) is 7.70. The van der Waals surface area contributed by atoms with Gasteiger partial charge in [-0.05, 0) is 24.5 Å². The number of hydrogen-bond acceptors (Lipinski definition) is 3. The van der Waals surface area contributed by atoms with Gasteiger partial charge in [-0.1, -0.05) is 12.1 Å². The second kappa shape index (κ2) is 3.01. The molecule has 4 nitrogen and oxygen atoms in total. The highest BCUT2D eigenvalue weighted by Gasteiger charge is 2.19. The predicted octanol–water partition coefficient (Wildman–Crippen LogP) is 1.36. The summed E-state index contributed by atoms with van der Waals surface area (Å²) >= 11 is 0. The number of aromatic nitrogens is 1. The molecule has 1 aromatic heterocycles. The number of hydrogen-bond donors (Lipinski definition) is 2. The van der Waals surface area contributed by atoms with Crippen molar-refractivity contribution in [2.45, 2.75) is 19.4 Å². The van der Waals surface area contributed by atoms with Crippen molar-refractivity contribution < 1.29 is 10.2 Å². The Kier molecular flexibility index (Phi) is 1.74. The number of nitrogens with zero attached hydrogens (tertiary/aromatic N) is 1. The molecule has 2 N–H and O–H groups in total. The maximum atomic E-state index is 11.8. The van der Waals surface area contributed by atoms with E-state index in [9.17, 15) is 15.0 Å². The molecule has 1 aliphatic heterocycles. The fourth-order valence-corrected chi connectivity index (χ4v) is 2.40. The molecule has 0 spiro atoms. The van der Waals surface area contributed by atoms with Gasteiger partial charge in [0, 0.05) is 11.9 Å². The van der Waals surface area contributed by atoms with E-state index >= 15 is 0 Å². The van der Waals surface area contributed by atoms with Crippen LogP contribution in [0, 0.1) is 0 Å². The summed E-state index contributed by atoms with van der Waals surface area (Å²) < 4.78 is 1.54. The van der Waals surface area contributed by atoms with Gasteiger partial charge in [-0.25, -0.2) is 0 Å². The molecule has 0 saturated heterocycles. The van der Waals surface area contributed by atoms with Crippen molar-refractivity contribution in [1.82, 2.24) is 4.57 Å². The van der Waals surface area contributed by atoms with E-state index in [1.54, 1.807) is 10.6 Å². The van der Waals surface area contributed by atoms with Gasteiger partial charge in [-0.3, -0.25) is 4.79 Å². The van der Waals surface area contributed by atoms with Gasteiger partial charge in [0.1, 0.15) is 0 Å². The molecule has 0 aliphatic carbocycles. The molecule has 0 bridgehead atoms. The minimum absolute atomic E-state index is 0.306. The molecular formula is C12H11NO3. The van der Waals surface area contributed by atoms with Gasteiger partial charge in [-0.2, -0.15) is 0 Å². The minimum atomic E-state index is -0.549. The third kappa shape index (κ3) is 1.01. The Bertz CT molecular complexity index is 643. The molecule has 3 rings (SSSR count). The summed E-state index contributed by atoms with van der Waals surface area (Å²) in [6.45, 7) is 0.597. The monoisotopic (exact) mass is 217 g/mol. The van der Waals surface area contributed by atoms with Crippen molar-refractivity contribution in [1.29, 1.82) is 0 Å². The number of para-hydroxylation sites is 1. The molecule has 0 fully saturated rings. The van der Waals surface area contributed by atoms with Crippen LogP contribution in [0.4, 0.5) is 0 Å². The molecule has 1 aromatic carbocycles. The van der Waals surface area contributed by atoms with Crippen LogP contribution in [-0.4, -0.2) is 14.8 Å². The van der Waals surface area contributed by atoms with Crippen LogP contribution in [0.15, 0.2) is 23.0 Å². The number of rotatable bonds is 0. The second-order valence-electron chi connectivity index (χ2n) is 4.07. The van der Waals surface area contributed by atoms with Gasteiger partial charge >= 0.3 is 0 Å². The Morgan fingerprint density at radius 1 is 1.19 bits per heavy atom. The minimum Gasteiger partial charge on any atom is -0.504 e. The fraction of sp³-hybridized carbons (Fsp3) is 0.250. The van der Waals surface area contributed by atoms with Crippen molar-refractivity contribution in [2.75, 3.05) is 0 Å². The lowest BCUT2D eigenvalue weighted by Gasteiger charge is -2.19. The first-order valence-electron chi connectivity index (χ1n) is 5.26. The lowest BCUT2D eigenvalue weighted by atomic mass is 10.0. The van der Waals surface area contributed by atoms with Crippen LogP contribution in [0.3, 0.4) is 0 Å².